The monoisotopic (exact) mass is 1110 g/mol. The van der Waals surface area contributed by atoms with E-state index in [0.717, 1.165) is 0 Å². The van der Waals surface area contributed by atoms with E-state index in [9.17, 15) is 38.4 Å². The maximum atomic E-state index is 14.6. The molecule has 5 heterocycles. The van der Waals surface area contributed by atoms with Gasteiger partial charge in [0.15, 0.2) is 0 Å². The molecule has 0 fully saturated rings. The zero-order chi connectivity index (χ0) is 58.1. The Morgan fingerprint density at radius 3 is 0.688 bits per heavy atom. The fourth-order valence-electron chi connectivity index (χ4n) is 8.20. The Kier molecular flexibility index (Phi) is 25.6. The Hall–Kier alpha value is -7.64. The minimum atomic E-state index is -1.01. The van der Waals surface area contributed by atoms with Gasteiger partial charge in [-0.05, 0) is 75.6 Å². The molecular formula is C60H78N4O16. The Balaban J connectivity index is 2.19. The lowest BCUT2D eigenvalue weighted by molar-refractivity contribution is -0.138. The number of nitrogens with one attached hydrogen (secondary N) is 2. The van der Waals surface area contributed by atoms with Crippen LogP contribution in [0, 0.1) is 0 Å². The molecule has 0 unspecified atom stereocenters. The highest BCUT2D eigenvalue weighted by Crippen LogP contribution is 2.39. The van der Waals surface area contributed by atoms with E-state index in [1.54, 1.807) is 0 Å². The van der Waals surface area contributed by atoms with E-state index in [-0.39, 0.29) is 120 Å². The smallest absolute Gasteiger partial charge is 0.341 e. The van der Waals surface area contributed by atoms with Crippen LogP contribution in [-0.4, -0.2) is 121 Å². The first-order valence-electron chi connectivity index (χ1n) is 28.4. The van der Waals surface area contributed by atoms with Gasteiger partial charge in [0.2, 0.25) is 0 Å². The van der Waals surface area contributed by atoms with Crippen LogP contribution < -0.4 is 0 Å². The predicted octanol–water partition coefficient (Wildman–Crippen LogP) is 11.3. The summed E-state index contributed by atoms with van der Waals surface area (Å²) in [5.74, 6) is -7.96. The average Bonchev–Trinajstić information content (AvgIpc) is 4.23. The molecule has 2 aliphatic heterocycles. The second kappa shape index (κ2) is 32.4. The molecule has 0 spiro atoms. The normalized spacial score (nSPS) is 12.0. The second-order valence-electron chi connectivity index (χ2n) is 19.2. The highest BCUT2D eigenvalue weighted by Gasteiger charge is 2.38. The van der Waals surface area contributed by atoms with Gasteiger partial charge in [0.05, 0.1) is 120 Å². The molecule has 5 rings (SSSR count). The number of carbonyl (C=O) groups is 8. The number of hydrogen-bond donors (Lipinski definition) is 2. The van der Waals surface area contributed by atoms with Gasteiger partial charge < -0.3 is 47.9 Å². The summed E-state index contributed by atoms with van der Waals surface area (Å²) < 4.78 is 46.3. The highest BCUT2D eigenvalue weighted by atomic mass is 16.6. The molecule has 434 valence electrons. The number of fused-ring (bicyclic) bond motifs is 8. The summed E-state index contributed by atoms with van der Waals surface area (Å²) in [6.07, 6.45) is 8.77. The number of hydrogen-bond acceptors (Lipinski definition) is 18. The number of unbranched alkanes of at least 4 members (excludes halogenated alkanes) is 8. The average molecular weight is 1110 g/mol. The molecule has 0 atom stereocenters. The lowest BCUT2D eigenvalue weighted by atomic mass is 10.0. The second-order valence-corrected chi connectivity index (χ2v) is 19.2. The fraction of sp³-hybridized carbons (Fsp3) is 0.533. The summed E-state index contributed by atoms with van der Waals surface area (Å²) in [4.78, 5) is 133. The first-order valence-corrected chi connectivity index (χ1v) is 28.4. The van der Waals surface area contributed by atoms with Gasteiger partial charge in [-0.2, -0.15) is 0 Å². The van der Waals surface area contributed by atoms with Crippen LogP contribution >= 0.6 is 0 Å². The van der Waals surface area contributed by atoms with Crippen LogP contribution in [0.5, 0.6) is 0 Å². The summed E-state index contributed by atoms with van der Waals surface area (Å²) in [5, 5.41) is 0. The van der Waals surface area contributed by atoms with Crippen molar-refractivity contribution in [2.24, 2.45) is 0 Å². The van der Waals surface area contributed by atoms with Crippen molar-refractivity contribution >= 4 is 92.1 Å². The van der Waals surface area contributed by atoms with Gasteiger partial charge >= 0.3 is 47.8 Å². The summed E-state index contributed by atoms with van der Waals surface area (Å²) in [5.41, 5.74) is -4.80. The van der Waals surface area contributed by atoms with E-state index in [4.69, 9.17) is 47.9 Å². The number of aromatic nitrogens is 4. The molecule has 0 saturated carbocycles. The van der Waals surface area contributed by atoms with Crippen LogP contribution in [0.2, 0.25) is 0 Å². The standard InChI is InChI=1S/C60H78N4O16/c1-9-17-25-73-53(65)45-37-33-39-47(55(67)75-27-19-11-3)49(57(69)77-29-21-13-5)41(62-39)35-43-51(59(71)79-31-23-15-7)52(60(72)80-32-24-16-8)44(64-43)36-42-50(58(70)78-30-22-14-6)48(56(68)76-28-20-12-4)40(63-42)34-38(61-37)46(45)54(66)74-26-18-10-2/h33-36,61-62H,9-32H2,1-8H3. The summed E-state index contributed by atoms with van der Waals surface area (Å²) in [6.45, 7) is 14.7. The Labute approximate surface area is 467 Å². The van der Waals surface area contributed by atoms with E-state index in [0.29, 0.717) is 103 Å². The van der Waals surface area contributed by atoms with E-state index in [1.807, 2.05) is 55.4 Å². The number of rotatable bonds is 32. The van der Waals surface area contributed by atoms with Crippen molar-refractivity contribution in [1.82, 2.24) is 19.9 Å². The van der Waals surface area contributed by atoms with Crippen molar-refractivity contribution in [2.45, 2.75) is 158 Å². The predicted molar refractivity (Wildman–Crippen MR) is 299 cm³/mol. The van der Waals surface area contributed by atoms with Crippen molar-refractivity contribution in [2.75, 3.05) is 52.9 Å². The van der Waals surface area contributed by atoms with E-state index >= 15 is 0 Å². The first kappa shape index (κ1) is 63.2. The molecule has 20 nitrogen and oxygen atoms in total. The number of esters is 8. The minimum Gasteiger partial charge on any atom is -0.462 e. The van der Waals surface area contributed by atoms with Gasteiger partial charge in [0, 0.05) is 0 Å². The zero-order valence-corrected chi connectivity index (χ0v) is 47.7. The van der Waals surface area contributed by atoms with Crippen molar-refractivity contribution in [3.05, 3.63) is 69.3 Å². The van der Waals surface area contributed by atoms with Gasteiger partial charge in [-0.15, -0.1) is 0 Å². The molecule has 80 heavy (non-hydrogen) atoms. The number of ether oxygens (including phenoxy) is 8. The number of carbonyl (C=O) groups excluding carboxylic acids is 8. The third-order valence-corrected chi connectivity index (χ3v) is 12.7. The maximum Gasteiger partial charge on any atom is 0.341 e. The SMILES string of the molecule is CCCCOC(=O)C1=C(C(=O)OCCCC)c2cc3[nH]c(cc4[nH]c(cc5nc(cc1n2)C(C(=O)OCCCC)=C5C(=O)OCCCC)c(C(=O)OCCCC)c4C(=O)OCCCC)c(C(=O)OCCCC)c3C(=O)OCCCC. The van der Waals surface area contributed by atoms with Crippen molar-refractivity contribution < 1.29 is 76.3 Å². The van der Waals surface area contributed by atoms with Crippen LogP contribution in [0.25, 0.3) is 44.4 Å². The Bertz CT molecular complexity index is 2770. The zero-order valence-electron chi connectivity index (χ0n) is 47.7. The molecule has 20 heteroatoms. The van der Waals surface area contributed by atoms with E-state index in [1.165, 1.54) is 24.3 Å². The molecule has 0 radical (unpaired) electrons. The largest absolute Gasteiger partial charge is 0.462 e. The van der Waals surface area contributed by atoms with Crippen LogP contribution in [0.15, 0.2) is 24.3 Å². The van der Waals surface area contributed by atoms with Crippen molar-refractivity contribution in [3.8, 4) is 0 Å². The van der Waals surface area contributed by atoms with Gasteiger partial charge in [-0.1, -0.05) is 107 Å². The first-order chi connectivity index (χ1) is 38.7. The molecule has 2 aliphatic rings. The van der Waals surface area contributed by atoms with Gasteiger partial charge in [-0.3, -0.25) is 0 Å². The number of nitrogens with zero attached hydrogens (tertiary/aromatic N) is 2. The van der Waals surface area contributed by atoms with Crippen molar-refractivity contribution in [1.29, 1.82) is 0 Å². The number of H-pyrrole nitrogens is 2. The molecule has 0 saturated heterocycles. The highest BCUT2D eigenvalue weighted by molar-refractivity contribution is 6.40. The van der Waals surface area contributed by atoms with Gasteiger partial charge in [0.1, 0.15) is 22.3 Å². The molecule has 3 aromatic rings. The summed E-state index contributed by atoms with van der Waals surface area (Å²) in [6, 6.07) is 5.01. The third kappa shape index (κ3) is 16.2. The van der Waals surface area contributed by atoms with Crippen LogP contribution in [0.1, 0.15) is 222 Å². The Morgan fingerprint density at radius 2 is 0.475 bits per heavy atom. The van der Waals surface area contributed by atoms with Gasteiger partial charge in [-0.25, -0.2) is 48.3 Å². The van der Waals surface area contributed by atoms with Crippen molar-refractivity contribution in [3.63, 3.8) is 0 Å². The quantitative estimate of drug-likeness (QED) is 0.0334. The van der Waals surface area contributed by atoms with Crippen LogP contribution in [0.4, 0.5) is 0 Å². The van der Waals surface area contributed by atoms with Crippen LogP contribution in [-0.2, 0) is 57.1 Å². The topological polar surface area (TPSA) is 268 Å². The lowest BCUT2D eigenvalue weighted by Gasteiger charge is -2.10. The molecular weight excluding hydrogens is 1030 g/mol. The fourth-order valence-corrected chi connectivity index (χ4v) is 8.20. The summed E-state index contributed by atoms with van der Waals surface area (Å²) in [7, 11) is 0. The molecule has 3 aromatic heterocycles. The maximum absolute atomic E-state index is 14.6. The van der Waals surface area contributed by atoms with E-state index < -0.39 is 70.0 Å². The van der Waals surface area contributed by atoms with Gasteiger partial charge in [0.25, 0.3) is 0 Å². The van der Waals surface area contributed by atoms with Crippen LogP contribution in [0.3, 0.4) is 0 Å². The molecule has 0 amide bonds. The Morgan fingerprint density at radius 1 is 0.287 bits per heavy atom. The molecule has 0 aromatic carbocycles. The minimum absolute atomic E-state index is 0.0552. The third-order valence-electron chi connectivity index (χ3n) is 12.7. The molecule has 8 bridgehead atoms. The summed E-state index contributed by atoms with van der Waals surface area (Å²) >= 11 is 0. The lowest BCUT2D eigenvalue weighted by Crippen LogP contribution is -2.15. The molecule has 2 N–H and O–H groups in total. The number of aromatic amines is 2. The van der Waals surface area contributed by atoms with E-state index in [2.05, 4.69) is 9.97 Å². The molecule has 0 aliphatic carbocycles.